The fourth-order valence-electron chi connectivity index (χ4n) is 4.46. The number of nitrogens with zero attached hydrogens (tertiary/aromatic N) is 3. The lowest BCUT2D eigenvalue weighted by atomic mass is 10.2. The number of thioether (sulfide) groups is 1. The second-order valence-electron chi connectivity index (χ2n) is 9.21. The van der Waals surface area contributed by atoms with E-state index in [4.69, 9.17) is 27.9 Å². The van der Waals surface area contributed by atoms with Crippen LogP contribution in [0, 0.1) is 19.7 Å². The Bertz CT molecular complexity index is 1630. The van der Waals surface area contributed by atoms with Crippen molar-refractivity contribution in [1.82, 2.24) is 9.47 Å². The van der Waals surface area contributed by atoms with E-state index >= 15 is 0 Å². The van der Waals surface area contributed by atoms with E-state index in [0.717, 1.165) is 34.0 Å². The SMILES string of the molecule is CCN1C(=O)/C(=C\c2cc(C)n(-c3ccc(OCc4ccc(Cl)cc4Cl)cc3)c2C)SC1=Nc1ccc(F)cc1. The zero-order valence-corrected chi connectivity index (χ0v) is 24.4. The van der Waals surface area contributed by atoms with Gasteiger partial charge in [-0.05, 0) is 111 Å². The summed E-state index contributed by atoms with van der Waals surface area (Å²) in [6.07, 6.45) is 1.91. The molecule has 9 heteroatoms. The van der Waals surface area contributed by atoms with E-state index in [1.165, 1.54) is 23.9 Å². The second kappa shape index (κ2) is 11.9. The molecule has 1 amide bonds. The van der Waals surface area contributed by atoms with Crippen LogP contribution in [0.5, 0.6) is 5.75 Å². The zero-order chi connectivity index (χ0) is 28.4. The quantitative estimate of drug-likeness (QED) is 0.201. The number of ether oxygens (including phenoxy) is 1. The molecule has 0 bridgehead atoms. The molecule has 1 aliphatic heterocycles. The predicted molar refractivity (Wildman–Crippen MR) is 162 cm³/mol. The Kier molecular flexibility index (Phi) is 8.35. The number of carbonyl (C=O) groups is 1. The Hall–Kier alpha value is -3.52. The molecule has 3 aromatic carbocycles. The van der Waals surface area contributed by atoms with Crippen molar-refractivity contribution in [3.8, 4) is 11.4 Å². The minimum absolute atomic E-state index is 0.0968. The van der Waals surface area contributed by atoms with Gasteiger partial charge >= 0.3 is 0 Å². The third kappa shape index (κ3) is 5.97. The lowest BCUT2D eigenvalue weighted by Gasteiger charge is -2.12. The number of halogens is 3. The van der Waals surface area contributed by atoms with Crippen molar-refractivity contribution in [1.29, 1.82) is 0 Å². The van der Waals surface area contributed by atoms with Crippen LogP contribution in [0.3, 0.4) is 0 Å². The number of hydrogen-bond donors (Lipinski definition) is 0. The molecule has 1 aromatic heterocycles. The van der Waals surface area contributed by atoms with Gasteiger partial charge < -0.3 is 9.30 Å². The van der Waals surface area contributed by atoms with Crippen molar-refractivity contribution in [2.75, 3.05) is 6.54 Å². The lowest BCUT2D eigenvalue weighted by molar-refractivity contribution is -0.122. The number of aryl methyl sites for hydroxylation is 1. The highest BCUT2D eigenvalue weighted by Crippen LogP contribution is 2.35. The average molecular weight is 595 g/mol. The van der Waals surface area contributed by atoms with Gasteiger partial charge in [0.1, 0.15) is 18.2 Å². The van der Waals surface area contributed by atoms with Gasteiger partial charge in [-0.2, -0.15) is 0 Å². The summed E-state index contributed by atoms with van der Waals surface area (Å²) in [6.45, 7) is 6.79. The van der Waals surface area contributed by atoms with Crippen molar-refractivity contribution in [2.24, 2.45) is 4.99 Å². The van der Waals surface area contributed by atoms with Gasteiger partial charge in [-0.1, -0.05) is 29.3 Å². The highest BCUT2D eigenvalue weighted by atomic mass is 35.5. The minimum atomic E-state index is -0.326. The van der Waals surface area contributed by atoms with E-state index < -0.39 is 0 Å². The first kappa shape index (κ1) is 28.0. The smallest absolute Gasteiger partial charge is 0.266 e. The topological polar surface area (TPSA) is 46.8 Å². The Morgan fingerprint density at radius 3 is 2.40 bits per heavy atom. The number of benzene rings is 3. The van der Waals surface area contributed by atoms with Gasteiger partial charge in [0.2, 0.25) is 0 Å². The van der Waals surface area contributed by atoms with Gasteiger partial charge in [0.15, 0.2) is 5.17 Å². The molecule has 40 heavy (non-hydrogen) atoms. The maximum Gasteiger partial charge on any atom is 0.266 e. The maximum atomic E-state index is 13.3. The molecule has 0 N–H and O–H groups in total. The largest absolute Gasteiger partial charge is 0.489 e. The standard InChI is InChI=1S/C31H26Cl2FN3O2S/c1-4-36-30(38)29(40-31(36)35-25-9-7-24(34)8-10-25)16-22-15-19(2)37(20(22)3)26-11-13-27(14-12-26)39-18-21-5-6-23(32)17-28(21)33/h5-17H,4,18H2,1-3H3/b29-16+,35-31?. The summed E-state index contributed by atoms with van der Waals surface area (Å²) in [6, 6.07) is 21.2. The van der Waals surface area contributed by atoms with Gasteiger partial charge in [-0.25, -0.2) is 9.38 Å². The molecular weight excluding hydrogens is 568 g/mol. The van der Waals surface area contributed by atoms with E-state index in [1.807, 2.05) is 57.2 Å². The van der Waals surface area contributed by atoms with Crippen molar-refractivity contribution in [2.45, 2.75) is 27.4 Å². The highest BCUT2D eigenvalue weighted by Gasteiger charge is 2.32. The summed E-state index contributed by atoms with van der Waals surface area (Å²) in [5.74, 6) is 0.299. The van der Waals surface area contributed by atoms with Crippen LogP contribution in [-0.2, 0) is 11.4 Å². The third-order valence-corrected chi connectivity index (χ3v) is 8.11. The van der Waals surface area contributed by atoms with E-state index in [-0.39, 0.29) is 11.7 Å². The molecule has 204 valence electrons. The molecule has 0 radical (unpaired) electrons. The Morgan fingerprint density at radius 2 is 1.73 bits per heavy atom. The Morgan fingerprint density at radius 1 is 1.00 bits per heavy atom. The lowest BCUT2D eigenvalue weighted by Crippen LogP contribution is -2.28. The summed E-state index contributed by atoms with van der Waals surface area (Å²) in [5.41, 5.74) is 5.43. The van der Waals surface area contributed by atoms with Crippen LogP contribution in [0.25, 0.3) is 11.8 Å². The number of aromatic nitrogens is 1. The molecule has 1 aliphatic rings. The van der Waals surface area contributed by atoms with Crippen LogP contribution in [0.4, 0.5) is 10.1 Å². The van der Waals surface area contributed by atoms with E-state index in [0.29, 0.717) is 39.0 Å². The Labute approximate surface area is 246 Å². The number of amides is 1. The molecule has 4 aromatic rings. The fraction of sp³-hybridized carbons (Fsp3) is 0.161. The molecule has 0 spiro atoms. The van der Waals surface area contributed by atoms with Crippen LogP contribution in [0.15, 0.2) is 82.7 Å². The summed E-state index contributed by atoms with van der Waals surface area (Å²) in [4.78, 5) is 20.0. The molecule has 0 saturated carbocycles. The highest BCUT2D eigenvalue weighted by molar-refractivity contribution is 8.18. The van der Waals surface area contributed by atoms with Crippen LogP contribution < -0.4 is 4.74 Å². The van der Waals surface area contributed by atoms with Gasteiger partial charge in [-0.15, -0.1) is 0 Å². The number of aliphatic imine (C=N–C) groups is 1. The van der Waals surface area contributed by atoms with E-state index in [2.05, 4.69) is 15.6 Å². The van der Waals surface area contributed by atoms with Crippen molar-refractivity contribution >= 4 is 57.8 Å². The molecule has 5 nitrogen and oxygen atoms in total. The molecule has 5 rings (SSSR count). The number of hydrogen-bond acceptors (Lipinski definition) is 4. The van der Waals surface area contributed by atoms with Gasteiger partial charge in [-0.3, -0.25) is 9.69 Å². The first-order valence-corrected chi connectivity index (χ1v) is 14.2. The zero-order valence-electron chi connectivity index (χ0n) is 22.1. The third-order valence-electron chi connectivity index (χ3n) is 6.52. The summed E-state index contributed by atoms with van der Waals surface area (Å²) in [5, 5.41) is 1.73. The normalized spacial score (nSPS) is 15.4. The molecule has 2 heterocycles. The number of rotatable bonds is 7. The van der Waals surface area contributed by atoms with Crippen molar-refractivity contribution in [3.05, 3.63) is 116 Å². The molecule has 1 saturated heterocycles. The monoisotopic (exact) mass is 593 g/mol. The van der Waals surface area contributed by atoms with E-state index in [9.17, 15) is 9.18 Å². The molecule has 0 unspecified atom stereocenters. The Balaban J connectivity index is 1.35. The first-order chi connectivity index (χ1) is 19.2. The van der Waals surface area contributed by atoms with Crippen LogP contribution >= 0.6 is 35.0 Å². The number of carbonyl (C=O) groups excluding carboxylic acids is 1. The minimum Gasteiger partial charge on any atom is -0.489 e. The van der Waals surface area contributed by atoms with Gasteiger partial charge in [0, 0.05) is 39.2 Å². The maximum absolute atomic E-state index is 13.3. The van der Waals surface area contributed by atoms with Crippen molar-refractivity contribution in [3.63, 3.8) is 0 Å². The van der Waals surface area contributed by atoms with Crippen LogP contribution in [0.1, 0.15) is 29.4 Å². The van der Waals surface area contributed by atoms with Crippen LogP contribution in [0.2, 0.25) is 10.0 Å². The molecule has 1 fully saturated rings. The van der Waals surface area contributed by atoms with Gasteiger partial charge in [0.05, 0.1) is 10.6 Å². The molecule has 0 aliphatic carbocycles. The second-order valence-corrected chi connectivity index (χ2v) is 11.1. The van der Waals surface area contributed by atoms with E-state index in [1.54, 1.807) is 29.2 Å². The first-order valence-electron chi connectivity index (χ1n) is 12.6. The molecular formula is C31H26Cl2FN3O2S. The number of amidine groups is 1. The van der Waals surface area contributed by atoms with Crippen LogP contribution in [-0.4, -0.2) is 27.1 Å². The predicted octanol–water partition coefficient (Wildman–Crippen LogP) is 8.74. The summed E-state index contributed by atoms with van der Waals surface area (Å²) >= 11 is 13.6. The summed E-state index contributed by atoms with van der Waals surface area (Å²) in [7, 11) is 0. The summed E-state index contributed by atoms with van der Waals surface area (Å²) < 4.78 is 21.4. The van der Waals surface area contributed by atoms with Crippen molar-refractivity contribution < 1.29 is 13.9 Å². The number of likely N-dealkylation sites (N-methyl/N-ethyl adjacent to an activating group) is 1. The van der Waals surface area contributed by atoms with Gasteiger partial charge in [0.25, 0.3) is 5.91 Å². The average Bonchev–Trinajstić information content (AvgIpc) is 3.38. The molecule has 0 atom stereocenters. The fourth-order valence-corrected chi connectivity index (χ4v) is 5.98.